The van der Waals surface area contributed by atoms with E-state index in [9.17, 15) is 4.79 Å². The van der Waals surface area contributed by atoms with E-state index in [0.717, 1.165) is 48.7 Å². The van der Waals surface area contributed by atoms with Crippen molar-refractivity contribution in [1.29, 1.82) is 0 Å². The van der Waals surface area contributed by atoms with Gasteiger partial charge >= 0.3 is 0 Å². The zero-order valence-corrected chi connectivity index (χ0v) is 13.9. The molecule has 5 nitrogen and oxygen atoms in total. The van der Waals surface area contributed by atoms with Crippen molar-refractivity contribution < 1.29 is 0 Å². The Kier molecular flexibility index (Phi) is 3.28. The molecule has 1 saturated heterocycles. The number of nitrogens with zero attached hydrogens (tertiary/aromatic N) is 4. The predicted molar refractivity (Wildman–Crippen MR) is 93.4 cm³/mol. The highest BCUT2D eigenvalue weighted by molar-refractivity contribution is 14.1. The Labute approximate surface area is 137 Å². The topological polar surface area (TPSA) is 41.4 Å². The van der Waals surface area contributed by atoms with Gasteiger partial charge in [-0.05, 0) is 37.5 Å². The lowest BCUT2D eigenvalue weighted by Gasteiger charge is -2.28. The van der Waals surface area contributed by atoms with Crippen LogP contribution in [-0.4, -0.2) is 29.2 Å². The van der Waals surface area contributed by atoms with Crippen LogP contribution in [0.25, 0.3) is 10.9 Å². The molecule has 0 spiro atoms. The summed E-state index contributed by atoms with van der Waals surface area (Å²) < 4.78 is 3.80. The number of halogens is 1. The maximum absolute atomic E-state index is 12.7. The smallest absolute Gasteiger partial charge is 0.262 e. The highest BCUT2D eigenvalue weighted by atomic mass is 127. The van der Waals surface area contributed by atoms with E-state index in [2.05, 4.69) is 38.8 Å². The monoisotopic (exact) mass is 396 g/mol. The van der Waals surface area contributed by atoms with E-state index in [4.69, 9.17) is 0 Å². The highest BCUT2D eigenvalue weighted by Crippen LogP contribution is 2.26. The fourth-order valence-electron chi connectivity index (χ4n) is 3.22. The summed E-state index contributed by atoms with van der Waals surface area (Å²) >= 11 is 2.22. The first-order valence-electron chi connectivity index (χ1n) is 7.47. The van der Waals surface area contributed by atoms with Crippen LogP contribution in [-0.2, 0) is 6.54 Å². The van der Waals surface area contributed by atoms with E-state index in [1.165, 1.54) is 19.3 Å². The lowest BCUT2D eigenvalue weighted by Crippen LogP contribution is -2.29. The Bertz CT molecular complexity index is 751. The normalized spacial score (nSPS) is 18.3. The summed E-state index contributed by atoms with van der Waals surface area (Å²) in [6.07, 6.45) is 3.79. The lowest BCUT2D eigenvalue weighted by molar-refractivity contribution is 0.578. The van der Waals surface area contributed by atoms with Crippen molar-refractivity contribution in [1.82, 2.24) is 9.55 Å². The molecule has 1 aromatic heterocycles. The van der Waals surface area contributed by atoms with Gasteiger partial charge < -0.3 is 4.90 Å². The number of aromatic nitrogens is 2. The summed E-state index contributed by atoms with van der Waals surface area (Å²) in [4.78, 5) is 19.7. The molecule has 0 unspecified atom stereocenters. The molecular weight excluding hydrogens is 379 g/mol. The molecule has 0 N–H and O–H groups in total. The summed E-state index contributed by atoms with van der Waals surface area (Å²) in [5.41, 5.74) is 2.05. The molecule has 2 aliphatic heterocycles. The Morgan fingerprint density at radius 3 is 2.67 bits per heavy atom. The SMILES string of the molecule is O=c1c2cc(N3CCCCC3)ccc2nc2n1CCN2I. The van der Waals surface area contributed by atoms with Crippen LogP contribution in [0.15, 0.2) is 23.0 Å². The standard InChI is InChI=1S/C15H17IN4O/c16-20-9-8-19-14(21)12-10-11(18-6-2-1-3-7-18)4-5-13(12)17-15(19)20/h4-5,10H,1-3,6-9H2. The summed E-state index contributed by atoms with van der Waals surface area (Å²) in [6, 6.07) is 6.12. The van der Waals surface area contributed by atoms with Crippen molar-refractivity contribution in [3.63, 3.8) is 0 Å². The van der Waals surface area contributed by atoms with E-state index in [1.807, 2.05) is 15.2 Å². The van der Waals surface area contributed by atoms with E-state index in [0.29, 0.717) is 0 Å². The third-order valence-corrected chi connectivity index (χ3v) is 5.29. The van der Waals surface area contributed by atoms with Crippen LogP contribution in [0.4, 0.5) is 11.6 Å². The fourth-order valence-corrected chi connectivity index (χ4v) is 3.80. The number of hydrogen-bond acceptors (Lipinski definition) is 4. The summed E-state index contributed by atoms with van der Waals surface area (Å²) in [6.45, 7) is 3.76. The number of fused-ring (bicyclic) bond motifs is 2. The van der Waals surface area contributed by atoms with Crippen LogP contribution < -0.4 is 13.6 Å². The van der Waals surface area contributed by atoms with Crippen molar-refractivity contribution in [2.75, 3.05) is 27.6 Å². The molecule has 6 heteroatoms. The quantitative estimate of drug-likeness (QED) is 0.549. The Hall–Kier alpha value is -1.31. The van der Waals surface area contributed by atoms with Crippen LogP contribution in [0.1, 0.15) is 19.3 Å². The molecule has 3 heterocycles. The Morgan fingerprint density at radius 2 is 1.86 bits per heavy atom. The van der Waals surface area contributed by atoms with Gasteiger partial charge in [0.2, 0.25) is 5.95 Å². The third-order valence-electron chi connectivity index (χ3n) is 4.38. The minimum atomic E-state index is 0.0908. The molecule has 2 aliphatic rings. The van der Waals surface area contributed by atoms with E-state index >= 15 is 0 Å². The van der Waals surface area contributed by atoms with E-state index in [-0.39, 0.29) is 5.56 Å². The molecule has 21 heavy (non-hydrogen) atoms. The molecule has 2 aromatic rings. The molecule has 0 aliphatic carbocycles. The van der Waals surface area contributed by atoms with E-state index < -0.39 is 0 Å². The largest absolute Gasteiger partial charge is 0.372 e. The molecule has 1 aromatic carbocycles. The third kappa shape index (κ3) is 2.20. The fraction of sp³-hybridized carbons (Fsp3) is 0.467. The average Bonchev–Trinajstić information content (AvgIpc) is 2.90. The minimum absolute atomic E-state index is 0.0908. The first kappa shape index (κ1) is 13.4. The van der Waals surface area contributed by atoms with Crippen molar-refractivity contribution in [3.8, 4) is 0 Å². The summed E-state index contributed by atoms with van der Waals surface area (Å²) in [5, 5.41) is 0.744. The number of piperidine rings is 1. The van der Waals surface area contributed by atoms with Gasteiger partial charge in [-0.25, -0.2) is 4.98 Å². The molecule has 0 atom stereocenters. The molecule has 0 saturated carbocycles. The van der Waals surface area contributed by atoms with Crippen LogP contribution >= 0.6 is 22.9 Å². The lowest BCUT2D eigenvalue weighted by atomic mass is 10.1. The van der Waals surface area contributed by atoms with Crippen molar-refractivity contribution in [3.05, 3.63) is 28.6 Å². The second kappa shape index (κ2) is 5.15. The van der Waals surface area contributed by atoms with Crippen LogP contribution in [0.5, 0.6) is 0 Å². The van der Waals surface area contributed by atoms with Gasteiger partial charge in [0.25, 0.3) is 5.56 Å². The first-order valence-corrected chi connectivity index (χ1v) is 8.43. The molecule has 110 valence electrons. The molecule has 0 radical (unpaired) electrons. The first-order chi connectivity index (χ1) is 10.2. The Balaban J connectivity index is 1.84. The Morgan fingerprint density at radius 1 is 1.05 bits per heavy atom. The second-order valence-electron chi connectivity index (χ2n) is 5.70. The highest BCUT2D eigenvalue weighted by Gasteiger charge is 2.22. The van der Waals surface area contributed by atoms with E-state index in [1.54, 1.807) is 4.57 Å². The molecule has 0 bridgehead atoms. The number of anilines is 2. The predicted octanol–water partition coefficient (Wildman–Crippen LogP) is 2.56. The second-order valence-corrected chi connectivity index (χ2v) is 6.87. The molecular formula is C15H17IN4O. The average molecular weight is 396 g/mol. The van der Waals surface area contributed by atoms with Crippen molar-refractivity contribution in [2.45, 2.75) is 25.8 Å². The summed E-state index contributed by atoms with van der Waals surface area (Å²) in [5.74, 6) is 0.777. The van der Waals surface area contributed by atoms with Gasteiger partial charge in [-0.15, -0.1) is 0 Å². The van der Waals surface area contributed by atoms with Gasteiger partial charge in [0.1, 0.15) is 0 Å². The van der Waals surface area contributed by atoms with Gasteiger partial charge in [-0.1, -0.05) is 0 Å². The molecule has 4 rings (SSSR count). The van der Waals surface area contributed by atoms with Crippen LogP contribution in [0.2, 0.25) is 0 Å². The van der Waals surface area contributed by atoms with Crippen molar-refractivity contribution >= 4 is 45.4 Å². The van der Waals surface area contributed by atoms with Gasteiger partial charge in [0.05, 0.1) is 33.8 Å². The summed E-state index contributed by atoms with van der Waals surface area (Å²) in [7, 11) is 0. The molecule has 0 amide bonds. The zero-order chi connectivity index (χ0) is 14.4. The van der Waals surface area contributed by atoms with Crippen molar-refractivity contribution in [2.24, 2.45) is 0 Å². The number of rotatable bonds is 1. The number of benzene rings is 1. The van der Waals surface area contributed by atoms with Crippen LogP contribution in [0.3, 0.4) is 0 Å². The maximum Gasteiger partial charge on any atom is 0.262 e. The van der Waals surface area contributed by atoms with Gasteiger partial charge in [-0.2, -0.15) is 0 Å². The minimum Gasteiger partial charge on any atom is -0.372 e. The van der Waals surface area contributed by atoms with Gasteiger partial charge in [-0.3, -0.25) is 12.5 Å². The maximum atomic E-state index is 12.7. The molecule has 1 fully saturated rings. The van der Waals surface area contributed by atoms with Crippen LogP contribution in [0, 0.1) is 0 Å². The zero-order valence-electron chi connectivity index (χ0n) is 11.8. The number of hydrogen-bond donors (Lipinski definition) is 0. The van der Waals surface area contributed by atoms with Gasteiger partial charge in [0.15, 0.2) is 0 Å². The van der Waals surface area contributed by atoms with Gasteiger partial charge in [0, 0.05) is 31.9 Å².